The number of fused-ring (bicyclic) bond motifs is 3. The van der Waals surface area contributed by atoms with E-state index in [1.165, 1.54) is 0 Å². The topological polar surface area (TPSA) is 96.2 Å². The van der Waals surface area contributed by atoms with Crippen molar-refractivity contribution < 1.29 is 4.79 Å². The zero-order chi connectivity index (χ0) is 20.7. The fraction of sp³-hybridized carbons (Fsp3) is 0.200. The first-order valence-electron chi connectivity index (χ1n) is 9.46. The molecule has 2 aromatic carbocycles. The Hall–Kier alpha value is -2.94. The molecule has 8 nitrogen and oxygen atoms in total. The smallest absolute Gasteiger partial charge is 0.243 e. The van der Waals surface area contributed by atoms with Gasteiger partial charge >= 0.3 is 0 Å². The van der Waals surface area contributed by atoms with Gasteiger partial charge in [0.2, 0.25) is 11.9 Å². The molecule has 3 heterocycles. The van der Waals surface area contributed by atoms with Crippen LogP contribution in [0.4, 0.5) is 5.95 Å². The Morgan fingerprint density at radius 1 is 1.07 bits per heavy atom. The summed E-state index contributed by atoms with van der Waals surface area (Å²) in [4.78, 5) is 21.8. The third kappa shape index (κ3) is 3.32. The lowest BCUT2D eigenvalue weighted by Crippen LogP contribution is -2.42. The molecule has 0 spiro atoms. The number of aromatic nitrogens is 4. The number of rotatable bonds is 3. The number of halogens is 2. The van der Waals surface area contributed by atoms with Gasteiger partial charge in [0, 0.05) is 30.6 Å². The van der Waals surface area contributed by atoms with Gasteiger partial charge in [-0.2, -0.15) is 4.52 Å². The van der Waals surface area contributed by atoms with E-state index in [0.29, 0.717) is 52.7 Å². The van der Waals surface area contributed by atoms with Gasteiger partial charge in [0.05, 0.1) is 15.6 Å². The van der Waals surface area contributed by atoms with Crippen LogP contribution in [0.1, 0.15) is 0 Å². The molecular formula is C20H17Cl2N7O. The average molecular weight is 442 g/mol. The predicted molar refractivity (Wildman–Crippen MR) is 117 cm³/mol. The van der Waals surface area contributed by atoms with Crippen LogP contribution in [0.2, 0.25) is 10.0 Å². The second-order valence-corrected chi connectivity index (χ2v) is 7.70. The first-order valence-corrected chi connectivity index (χ1v) is 10.2. The number of nitrogens with one attached hydrogen (secondary N) is 3. The molecule has 1 saturated heterocycles. The normalized spacial score (nSPS) is 17.1. The maximum atomic E-state index is 12.4. The molecule has 1 amide bonds. The van der Waals surface area contributed by atoms with Crippen molar-refractivity contribution in [1.29, 1.82) is 0 Å². The Morgan fingerprint density at radius 2 is 1.93 bits per heavy atom. The summed E-state index contributed by atoms with van der Waals surface area (Å²) in [5.41, 5.74) is 1.97. The molecule has 0 unspecified atom stereocenters. The monoisotopic (exact) mass is 441 g/mol. The Balaban J connectivity index is 1.68. The van der Waals surface area contributed by atoms with E-state index in [2.05, 4.69) is 21.0 Å². The molecule has 10 heteroatoms. The highest BCUT2D eigenvalue weighted by Crippen LogP contribution is 2.33. The van der Waals surface area contributed by atoms with Crippen LogP contribution in [0, 0.1) is 0 Å². The summed E-state index contributed by atoms with van der Waals surface area (Å²) in [6, 6.07) is 12.5. The summed E-state index contributed by atoms with van der Waals surface area (Å²) in [7, 11) is 0. The summed E-state index contributed by atoms with van der Waals surface area (Å²) in [6.07, 6.45) is 0. The van der Waals surface area contributed by atoms with Crippen molar-refractivity contribution >= 4 is 51.6 Å². The van der Waals surface area contributed by atoms with Gasteiger partial charge in [0.25, 0.3) is 0 Å². The van der Waals surface area contributed by atoms with Crippen molar-refractivity contribution in [1.82, 2.24) is 30.2 Å². The number of carbonyl (C=O) groups is 1. The van der Waals surface area contributed by atoms with Crippen molar-refractivity contribution in [3.05, 3.63) is 52.5 Å². The molecule has 1 atom stereocenters. The van der Waals surface area contributed by atoms with E-state index in [-0.39, 0.29) is 5.91 Å². The Morgan fingerprint density at radius 3 is 2.83 bits per heavy atom. The lowest BCUT2D eigenvalue weighted by Gasteiger charge is -2.16. The molecule has 0 radical (unpaired) electrons. The SMILES string of the molecule is O=C1NCCNC[C@H]1Nc1nc2ccccc2c2nc(-c3cccc(Cl)c3Cl)nn12. The molecule has 1 aliphatic heterocycles. The molecule has 0 aliphatic carbocycles. The summed E-state index contributed by atoms with van der Waals surface area (Å²) in [5.74, 6) is 0.748. The maximum absolute atomic E-state index is 12.4. The minimum absolute atomic E-state index is 0.0960. The second kappa shape index (κ2) is 7.71. The fourth-order valence-corrected chi connectivity index (χ4v) is 3.83. The molecule has 0 saturated carbocycles. The summed E-state index contributed by atoms with van der Waals surface area (Å²) in [5, 5.41) is 15.6. The van der Waals surface area contributed by atoms with Crippen LogP contribution in [0.5, 0.6) is 0 Å². The van der Waals surface area contributed by atoms with Crippen LogP contribution in [-0.4, -0.2) is 51.2 Å². The number of nitrogens with zero attached hydrogens (tertiary/aromatic N) is 4. The van der Waals surface area contributed by atoms with E-state index >= 15 is 0 Å². The zero-order valence-electron chi connectivity index (χ0n) is 15.7. The summed E-state index contributed by atoms with van der Waals surface area (Å²) >= 11 is 12.6. The molecule has 2 aromatic heterocycles. The van der Waals surface area contributed by atoms with E-state index in [0.717, 1.165) is 10.9 Å². The van der Waals surface area contributed by atoms with Crippen LogP contribution in [-0.2, 0) is 4.79 Å². The molecular weight excluding hydrogens is 425 g/mol. The number of amides is 1. The largest absolute Gasteiger partial charge is 0.353 e. The third-order valence-electron chi connectivity index (χ3n) is 4.94. The van der Waals surface area contributed by atoms with Crippen LogP contribution < -0.4 is 16.0 Å². The Labute approximate surface area is 181 Å². The average Bonchev–Trinajstić information content (AvgIpc) is 3.10. The van der Waals surface area contributed by atoms with Gasteiger partial charge in [-0.25, -0.2) is 9.97 Å². The van der Waals surface area contributed by atoms with Crippen molar-refractivity contribution in [2.45, 2.75) is 6.04 Å². The van der Waals surface area contributed by atoms with E-state index in [1.54, 1.807) is 16.6 Å². The van der Waals surface area contributed by atoms with Crippen molar-refractivity contribution in [3.8, 4) is 11.4 Å². The number of anilines is 1. The van der Waals surface area contributed by atoms with E-state index in [1.807, 2.05) is 30.3 Å². The van der Waals surface area contributed by atoms with Crippen LogP contribution >= 0.6 is 23.2 Å². The van der Waals surface area contributed by atoms with Gasteiger partial charge in [0.15, 0.2) is 11.5 Å². The van der Waals surface area contributed by atoms with Gasteiger partial charge in [-0.3, -0.25) is 4.79 Å². The first-order chi connectivity index (χ1) is 14.6. The number of hydrogen-bond donors (Lipinski definition) is 3. The summed E-state index contributed by atoms with van der Waals surface area (Å²) < 4.78 is 1.60. The third-order valence-corrected chi connectivity index (χ3v) is 5.76. The fourth-order valence-electron chi connectivity index (χ4n) is 3.45. The lowest BCUT2D eigenvalue weighted by atomic mass is 10.2. The molecule has 5 rings (SSSR count). The quantitative estimate of drug-likeness (QED) is 0.452. The van der Waals surface area contributed by atoms with E-state index in [9.17, 15) is 4.79 Å². The Kier molecular flexibility index (Phi) is 4.90. The van der Waals surface area contributed by atoms with Gasteiger partial charge < -0.3 is 16.0 Å². The highest BCUT2D eigenvalue weighted by atomic mass is 35.5. The number of hydrogen-bond acceptors (Lipinski definition) is 6. The predicted octanol–water partition coefficient (Wildman–Crippen LogP) is 2.75. The number of para-hydroxylation sites is 1. The molecule has 3 N–H and O–H groups in total. The second-order valence-electron chi connectivity index (χ2n) is 6.92. The van der Waals surface area contributed by atoms with Gasteiger partial charge in [-0.1, -0.05) is 41.4 Å². The summed E-state index contributed by atoms with van der Waals surface area (Å²) in [6.45, 7) is 1.77. The number of carbonyl (C=O) groups excluding carboxylic acids is 1. The van der Waals surface area contributed by atoms with E-state index in [4.69, 9.17) is 33.2 Å². The van der Waals surface area contributed by atoms with Crippen molar-refractivity contribution in [2.75, 3.05) is 25.0 Å². The van der Waals surface area contributed by atoms with Gasteiger partial charge in [0.1, 0.15) is 6.04 Å². The number of benzene rings is 2. The zero-order valence-corrected chi connectivity index (χ0v) is 17.2. The molecule has 4 aromatic rings. The molecule has 30 heavy (non-hydrogen) atoms. The van der Waals surface area contributed by atoms with E-state index < -0.39 is 6.04 Å². The highest BCUT2D eigenvalue weighted by Gasteiger charge is 2.23. The Bertz CT molecular complexity index is 1270. The van der Waals surface area contributed by atoms with Gasteiger partial charge in [-0.15, -0.1) is 5.10 Å². The standard InChI is InChI=1S/C20H17Cl2N7O/c21-13-6-3-5-12(16(13)22)17-27-18-11-4-1-2-7-14(11)25-20(29(18)28-17)26-15-10-23-8-9-24-19(15)30/h1-7,15,23H,8-10H2,(H,24,30)(H,25,26)/t15-/m1/s1. The van der Waals surface area contributed by atoms with Gasteiger partial charge in [-0.05, 0) is 24.3 Å². The minimum Gasteiger partial charge on any atom is -0.353 e. The maximum Gasteiger partial charge on any atom is 0.243 e. The minimum atomic E-state index is -0.494. The molecule has 0 bridgehead atoms. The van der Waals surface area contributed by atoms with Crippen molar-refractivity contribution in [2.24, 2.45) is 0 Å². The molecule has 152 valence electrons. The van der Waals surface area contributed by atoms with Crippen LogP contribution in [0.15, 0.2) is 42.5 Å². The molecule has 1 aliphatic rings. The first kappa shape index (κ1) is 19.0. The van der Waals surface area contributed by atoms with Crippen LogP contribution in [0.25, 0.3) is 27.9 Å². The lowest BCUT2D eigenvalue weighted by molar-refractivity contribution is -0.121. The molecule has 1 fully saturated rings. The van der Waals surface area contributed by atoms with Crippen LogP contribution in [0.3, 0.4) is 0 Å². The van der Waals surface area contributed by atoms with Crippen molar-refractivity contribution in [3.63, 3.8) is 0 Å². The highest BCUT2D eigenvalue weighted by molar-refractivity contribution is 6.43.